The molecule has 1 aliphatic heterocycles. The zero-order valence-corrected chi connectivity index (χ0v) is 16.0. The quantitative estimate of drug-likeness (QED) is 0.625. The van der Waals surface area contributed by atoms with E-state index in [4.69, 9.17) is 9.73 Å². The minimum atomic E-state index is 0.317. The van der Waals surface area contributed by atoms with Crippen LogP contribution in [0.3, 0.4) is 0 Å². The fourth-order valence-electron chi connectivity index (χ4n) is 3.27. The molecule has 5 nitrogen and oxygen atoms in total. The van der Waals surface area contributed by atoms with Crippen molar-refractivity contribution >= 4 is 5.96 Å². The number of guanidine groups is 1. The molecule has 0 aliphatic carbocycles. The fourth-order valence-corrected chi connectivity index (χ4v) is 3.27. The summed E-state index contributed by atoms with van der Waals surface area (Å²) in [5.74, 6) is 0.982. The summed E-state index contributed by atoms with van der Waals surface area (Å²) in [5, 5.41) is 0. The third-order valence-electron chi connectivity index (χ3n) is 4.13. The van der Waals surface area contributed by atoms with Gasteiger partial charge in [-0.25, -0.2) is 4.99 Å². The molecular formula is C19H32N4O. The summed E-state index contributed by atoms with van der Waals surface area (Å²) < 4.78 is 5.80. The highest BCUT2D eigenvalue weighted by Crippen LogP contribution is 2.15. The SMILES string of the molecule is CC1CN(Cc2ccc(CN=C(N(C)C)N(C)C)cc2)CC(C)O1. The van der Waals surface area contributed by atoms with Gasteiger partial charge in [-0.1, -0.05) is 24.3 Å². The zero-order chi connectivity index (χ0) is 17.7. The number of rotatable bonds is 4. The monoisotopic (exact) mass is 332 g/mol. The van der Waals surface area contributed by atoms with Crippen LogP contribution in [-0.2, 0) is 17.8 Å². The summed E-state index contributed by atoms with van der Waals surface area (Å²) in [7, 11) is 8.08. The minimum Gasteiger partial charge on any atom is -0.373 e. The predicted molar refractivity (Wildman–Crippen MR) is 100 cm³/mol. The smallest absolute Gasteiger partial charge is 0.195 e. The van der Waals surface area contributed by atoms with Crippen molar-refractivity contribution in [1.29, 1.82) is 0 Å². The first kappa shape index (κ1) is 18.7. The van der Waals surface area contributed by atoms with Gasteiger partial charge in [0.1, 0.15) is 0 Å². The van der Waals surface area contributed by atoms with E-state index in [9.17, 15) is 0 Å². The van der Waals surface area contributed by atoms with E-state index in [1.165, 1.54) is 11.1 Å². The summed E-state index contributed by atoms with van der Waals surface area (Å²) in [4.78, 5) is 11.2. The van der Waals surface area contributed by atoms with E-state index < -0.39 is 0 Å². The van der Waals surface area contributed by atoms with Gasteiger partial charge in [0.2, 0.25) is 0 Å². The van der Waals surface area contributed by atoms with Crippen molar-refractivity contribution in [3.05, 3.63) is 35.4 Å². The Labute approximate surface area is 146 Å². The van der Waals surface area contributed by atoms with Crippen molar-refractivity contribution in [3.8, 4) is 0 Å². The highest BCUT2D eigenvalue weighted by Gasteiger charge is 2.21. The maximum Gasteiger partial charge on any atom is 0.195 e. The van der Waals surface area contributed by atoms with Gasteiger partial charge in [0, 0.05) is 47.8 Å². The molecule has 2 unspecified atom stereocenters. The number of hydrogen-bond donors (Lipinski definition) is 0. The van der Waals surface area contributed by atoms with E-state index in [0.29, 0.717) is 18.8 Å². The highest BCUT2D eigenvalue weighted by molar-refractivity contribution is 5.79. The molecule has 0 bridgehead atoms. The topological polar surface area (TPSA) is 31.3 Å². The first-order chi connectivity index (χ1) is 11.3. The van der Waals surface area contributed by atoms with Gasteiger partial charge in [0.05, 0.1) is 18.8 Å². The Kier molecular flexibility index (Phi) is 6.63. The van der Waals surface area contributed by atoms with Crippen LogP contribution in [0.1, 0.15) is 25.0 Å². The second-order valence-electron chi connectivity index (χ2n) is 7.17. The molecule has 24 heavy (non-hydrogen) atoms. The fraction of sp³-hybridized carbons (Fsp3) is 0.632. The molecule has 0 amide bonds. The number of hydrogen-bond acceptors (Lipinski definition) is 3. The van der Waals surface area contributed by atoms with Crippen molar-refractivity contribution in [1.82, 2.24) is 14.7 Å². The molecule has 0 N–H and O–H groups in total. The molecule has 0 saturated carbocycles. The lowest BCUT2D eigenvalue weighted by Gasteiger charge is -2.35. The van der Waals surface area contributed by atoms with E-state index in [2.05, 4.69) is 43.0 Å². The van der Waals surface area contributed by atoms with E-state index in [1.807, 2.05) is 38.0 Å². The predicted octanol–water partition coefficient (Wildman–Crippen LogP) is 2.28. The molecule has 5 heteroatoms. The Balaban J connectivity index is 1.94. The van der Waals surface area contributed by atoms with Crippen molar-refractivity contribution in [2.75, 3.05) is 41.3 Å². The van der Waals surface area contributed by atoms with E-state index in [0.717, 1.165) is 25.6 Å². The summed E-state index contributed by atoms with van der Waals surface area (Å²) in [6, 6.07) is 8.82. The molecule has 1 saturated heterocycles. The summed E-state index contributed by atoms with van der Waals surface area (Å²) >= 11 is 0. The average molecular weight is 332 g/mol. The number of nitrogens with zero attached hydrogens (tertiary/aromatic N) is 4. The highest BCUT2D eigenvalue weighted by atomic mass is 16.5. The molecule has 1 aromatic carbocycles. The Hall–Kier alpha value is -1.59. The molecule has 1 fully saturated rings. The van der Waals surface area contributed by atoms with Gasteiger partial charge < -0.3 is 14.5 Å². The van der Waals surface area contributed by atoms with Gasteiger partial charge in [-0.3, -0.25) is 4.90 Å². The molecule has 1 heterocycles. The zero-order valence-electron chi connectivity index (χ0n) is 16.0. The van der Waals surface area contributed by atoms with Crippen LogP contribution in [0.4, 0.5) is 0 Å². The van der Waals surface area contributed by atoms with Crippen LogP contribution in [0.15, 0.2) is 29.3 Å². The van der Waals surface area contributed by atoms with Crippen LogP contribution in [0.5, 0.6) is 0 Å². The molecule has 2 rings (SSSR count). The molecular weight excluding hydrogens is 300 g/mol. The van der Waals surface area contributed by atoms with Crippen LogP contribution in [0, 0.1) is 0 Å². The van der Waals surface area contributed by atoms with Gasteiger partial charge in [0.25, 0.3) is 0 Å². The number of morpholine rings is 1. The van der Waals surface area contributed by atoms with E-state index in [-0.39, 0.29) is 0 Å². The van der Waals surface area contributed by atoms with Crippen LogP contribution in [0.2, 0.25) is 0 Å². The summed E-state index contributed by atoms with van der Waals surface area (Å²) in [5.41, 5.74) is 2.59. The Bertz CT molecular complexity index is 519. The van der Waals surface area contributed by atoms with Crippen molar-refractivity contribution < 1.29 is 4.74 Å². The number of benzene rings is 1. The largest absolute Gasteiger partial charge is 0.373 e. The maximum absolute atomic E-state index is 5.80. The van der Waals surface area contributed by atoms with Crippen molar-refractivity contribution in [2.45, 2.75) is 39.1 Å². The molecule has 1 aromatic rings. The molecule has 134 valence electrons. The lowest BCUT2D eigenvalue weighted by molar-refractivity contribution is -0.0704. The first-order valence-electron chi connectivity index (χ1n) is 8.70. The Morgan fingerprint density at radius 1 is 1.00 bits per heavy atom. The second-order valence-corrected chi connectivity index (χ2v) is 7.17. The molecule has 2 atom stereocenters. The Morgan fingerprint density at radius 2 is 1.50 bits per heavy atom. The first-order valence-corrected chi connectivity index (χ1v) is 8.70. The van der Waals surface area contributed by atoms with Gasteiger partial charge in [-0.15, -0.1) is 0 Å². The standard InChI is InChI=1S/C19H32N4O/c1-15-12-23(13-16(2)24-15)14-18-9-7-17(8-10-18)11-20-19(21(3)4)22(5)6/h7-10,15-16H,11-14H2,1-6H3. The third-order valence-corrected chi connectivity index (χ3v) is 4.13. The van der Waals surface area contributed by atoms with Crippen LogP contribution in [-0.4, -0.2) is 74.1 Å². The van der Waals surface area contributed by atoms with E-state index in [1.54, 1.807) is 0 Å². The average Bonchev–Trinajstić information content (AvgIpc) is 2.47. The number of ether oxygens (including phenoxy) is 1. The van der Waals surface area contributed by atoms with E-state index >= 15 is 0 Å². The van der Waals surface area contributed by atoms with Gasteiger partial charge in [-0.2, -0.15) is 0 Å². The molecule has 0 aromatic heterocycles. The van der Waals surface area contributed by atoms with Gasteiger partial charge in [-0.05, 0) is 25.0 Å². The molecule has 0 radical (unpaired) electrons. The lowest BCUT2D eigenvalue weighted by atomic mass is 10.1. The minimum absolute atomic E-state index is 0.317. The van der Waals surface area contributed by atoms with Gasteiger partial charge >= 0.3 is 0 Å². The maximum atomic E-state index is 5.80. The van der Waals surface area contributed by atoms with Crippen LogP contribution >= 0.6 is 0 Å². The normalized spacial score (nSPS) is 21.4. The third kappa shape index (κ3) is 5.49. The van der Waals surface area contributed by atoms with Crippen molar-refractivity contribution in [3.63, 3.8) is 0 Å². The number of aliphatic imine (C=N–C) groups is 1. The summed E-state index contributed by atoms with van der Waals surface area (Å²) in [6.45, 7) is 8.00. The lowest BCUT2D eigenvalue weighted by Crippen LogP contribution is -2.44. The second kappa shape index (κ2) is 8.49. The van der Waals surface area contributed by atoms with Crippen molar-refractivity contribution in [2.24, 2.45) is 4.99 Å². The Morgan fingerprint density at radius 3 is 2.00 bits per heavy atom. The summed E-state index contributed by atoms with van der Waals surface area (Å²) in [6.07, 6.45) is 0.635. The molecule has 1 aliphatic rings. The van der Waals surface area contributed by atoms with Gasteiger partial charge in [0.15, 0.2) is 5.96 Å². The molecule has 0 spiro atoms. The van der Waals surface area contributed by atoms with Crippen LogP contribution in [0.25, 0.3) is 0 Å². The van der Waals surface area contributed by atoms with Crippen LogP contribution < -0.4 is 0 Å².